The van der Waals surface area contributed by atoms with Gasteiger partial charge in [0.1, 0.15) is 5.75 Å². The van der Waals surface area contributed by atoms with Crippen LogP contribution in [0.15, 0.2) is 24.3 Å². The van der Waals surface area contributed by atoms with Crippen LogP contribution in [0.4, 0.5) is 5.69 Å². The monoisotopic (exact) mass is 277 g/mol. The van der Waals surface area contributed by atoms with E-state index in [2.05, 4.69) is 12.2 Å². The van der Waals surface area contributed by atoms with Crippen LogP contribution in [0.5, 0.6) is 5.75 Å². The van der Waals surface area contributed by atoms with Crippen molar-refractivity contribution >= 4 is 11.6 Å². The van der Waals surface area contributed by atoms with E-state index < -0.39 is 0 Å². The lowest BCUT2D eigenvalue weighted by Crippen LogP contribution is -3.13. The fourth-order valence-corrected chi connectivity index (χ4v) is 2.81. The highest BCUT2D eigenvalue weighted by molar-refractivity contribution is 5.90. The van der Waals surface area contributed by atoms with E-state index in [0.717, 1.165) is 23.9 Å². The summed E-state index contributed by atoms with van der Waals surface area (Å²) in [6.45, 7) is 5.65. The first kappa shape index (κ1) is 14.9. The maximum absolute atomic E-state index is 11.9. The highest BCUT2D eigenvalue weighted by Gasteiger charge is 2.20. The fraction of sp³-hybridized carbons (Fsp3) is 0.562. The Morgan fingerprint density at radius 3 is 2.80 bits per heavy atom. The van der Waals surface area contributed by atoms with Crippen molar-refractivity contribution in [1.29, 1.82) is 0 Å². The van der Waals surface area contributed by atoms with Crippen LogP contribution in [0, 0.1) is 5.92 Å². The van der Waals surface area contributed by atoms with Gasteiger partial charge in [-0.25, -0.2) is 0 Å². The lowest BCUT2D eigenvalue weighted by molar-refractivity contribution is -0.907. The molecule has 1 aromatic rings. The van der Waals surface area contributed by atoms with Crippen molar-refractivity contribution in [1.82, 2.24) is 0 Å². The molecular formula is C16H25N2O2+. The number of likely N-dealkylation sites (tertiary alicyclic amines) is 1. The minimum atomic E-state index is 0.0980. The van der Waals surface area contributed by atoms with Crippen molar-refractivity contribution in [3.63, 3.8) is 0 Å². The number of nitrogens with one attached hydrogen (secondary N) is 2. The van der Waals surface area contributed by atoms with Crippen LogP contribution in [0.3, 0.4) is 0 Å². The molecule has 2 rings (SSSR count). The molecule has 20 heavy (non-hydrogen) atoms. The van der Waals surface area contributed by atoms with Crippen molar-refractivity contribution in [3.05, 3.63) is 24.3 Å². The van der Waals surface area contributed by atoms with Gasteiger partial charge in [-0.3, -0.25) is 4.79 Å². The summed E-state index contributed by atoms with van der Waals surface area (Å²) < 4.78 is 5.09. The van der Waals surface area contributed by atoms with Gasteiger partial charge in [-0.05, 0) is 37.1 Å². The summed E-state index contributed by atoms with van der Waals surface area (Å²) in [7, 11) is 1.63. The smallest absolute Gasteiger partial charge is 0.230 e. The van der Waals surface area contributed by atoms with Gasteiger partial charge in [-0.1, -0.05) is 6.92 Å². The van der Waals surface area contributed by atoms with E-state index in [0.29, 0.717) is 6.42 Å². The summed E-state index contributed by atoms with van der Waals surface area (Å²) in [6, 6.07) is 7.44. The summed E-state index contributed by atoms with van der Waals surface area (Å²) in [5.74, 6) is 1.69. The Bertz CT molecular complexity index is 431. The van der Waals surface area contributed by atoms with Gasteiger partial charge < -0.3 is 15.0 Å². The normalized spacial score (nSPS) is 22.3. The average molecular weight is 277 g/mol. The molecule has 1 aliphatic heterocycles. The minimum Gasteiger partial charge on any atom is -0.497 e. The molecule has 1 aromatic carbocycles. The number of hydrogen-bond donors (Lipinski definition) is 2. The number of piperidine rings is 1. The quantitative estimate of drug-likeness (QED) is 0.853. The molecule has 0 saturated carbocycles. The second-order valence-electron chi connectivity index (χ2n) is 5.73. The van der Waals surface area contributed by atoms with E-state index in [1.54, 1.807) is 12.0 Å². The summed E-state index contributed by atoms with van der Waals surface area (Å²) in [5, 5.41) is 2.94. The Balaban J connectivity index is 1.74. The Kier molecular flexibility index (Phi) is 5.41. The van der Waals surface area contributed by atoms with Gasteiger partial charge >= 0.3 is 0 Å². The van der Waals surface area contributed by atoms with Crippen LogP contribution in [0.2, 0.25) is 0 Å². The number of hydrogen-bond acceptors (Lipinski definition) is 2. The van der Waals surface area contributed by atoms with Crippen LogP contribution in [0.25, 0.3) is 0 Å². The zero-order valence-electron chi connectivity index (χ0n) is 12.4. The van der Waals surface area contributed by atoms with Crippen molar-refractivity contribution in [2.75, 3.05) is 32.1 Å². The van der Waals surface area contributed by atoms with Crippen molar-refractivity contribution in [2.45, 2.75) is 26.2 Å². The Morgan fingerprint density at radius 2 is 2.15 bits per heavy atom. The summed E-state index contributed by atoms with van der Waals surface area (Å²) in [4.78, 5) is 13.5. The number of carbonyl (C=O) groups excluding carboxylic acids is 1. The highest BCUT2D eigenvalue weighted by Crippen LogP contribution is 2.14. The molecule has 1 unspecified atom stereocenters. The second-order valence-corrected chi connectivity index (χ2v) is 5.73. The lowest BCUT2D eigenvalue weighted by Gasteiger charge is -2.27. The first-order valence-corrected chi connectivity index (χ1v) is 7.45. The van der Waals surface area contributed by atoms with E-state index in [9.17, 15) is 4.79 Å². The SMILES string of the molecule is COc1ccc(NC(=O)CC[NH+]2CCC[C@@H](C)C2)cc1. The number of carbonyl (C=O) groups is 1. The molecule has 2 N–H and O–H groups in total. The van der Waals surface area contributed by atoms with Gasteiger partial charge in [0.15, 0.2) is 0 Å². The standard InChI is InChI=1S/C16H24N2O2/c1-13-4-3-10-18(12-13)11-9-16(19)17-14-5-7-15(20-2)8-6-14/h5-8,13H,3-4,9-12H2,1-2H3,(H,17,19)/p+1/t13-/m1/s1. The predicted molar refractivity (Wildman–Crippen MR) is 80.2 cm³/mol. The largest absolute Gasteiger partial charge is 0.497 e. The number of quaternary nitrogens is 1. The molecule has 110 valence electrons. The fourth-order valence-electron chi connectivity index (χ4n) is 2.81. The molecule has 4 nitrogen and oxygen atoms in total. The summed E-state index contributed by atoms with van der Waals surface area (Å²) in [6.07, 6.45) is 3.21. The number of rotatable bonds is 5. The molecule has 1 amide bonds. The molecule has 1 fully saturated rings. The molecular weight excluding hydrogens is 252 g/mol. The number of anilines is 1. The Labute approximate surface area is 121 Å². The van der Waals surface area contributed by atoms with E-state index in [1.165, 1.54) is 25.9 Å². The van der Waals surface area contributed by atoms with Crippen LogP contribution in [-0.2, 0) is 4.79 Å². The van der Waals surface area contributed by atoms with Crippen LogP contribution >= 0.6 is 0 Å². The molecule has 1 aliphatic rings. The van der Waals surface area contributed by atoms with Crippen LogP contribution in [-0.4, -0.2) is 32.7 Å². The zero-order valence-corrected chi connectivity index (χ0v) is 12.4. The average Bonchev–Trinajstić information content (AvgIpc) is 2.46. The topological polar surface area (TPSA) is 42.8 Å². The van der Waals surface area contributed by atoms with E-state index in [1.807, 2.05) is 24.3 Å². The number of amides is 1. The number of benzene rings is 1. The van der Waals surface area contributed by atoms with Crippen LogP contribution < -0.4 is 15.0 Å². The third kappa shape index (κ3) is 4.53. The first-order chi connectivity index (χ1) is 9.67. The first-order valence-electron chi connectivity index (χ1n) is 7.45. The van der Waals surface area contributed by atoms with Gasteiger partial charge in [0.25, 0.3) is 0 Å². The summed E-state index contributed by atoms with van der Waals surface area (Å²) in [5.41, 5.74) is 0.831. The molecule has 2 atom stereocenters. The molecule has 0 bridgehead atoms. The van der Waals surface area contributed by atoms with E-state index in [-0.39, 0.29) is 5.91 Å². The second kappa shape index (κ2) is 7.29. The minimum absolute atomic E-state index is 0.0980. The third-order valence-electron chi connectivity index (χ3n) is 3.94. The molecule has 4 heteroatoms. The molecule has 0 radical (unpaired) electrons. The summed E-state index contributed by atoms with van der Waals surface area (Å²) >= 11 is 0. The van der Waals surface area contributed by atoms with Crippen LogP contribution in [0.1, 0.15) is 26.2 Å². The highest BCUT2D eigenvalue weighted by atomic mass is 16.5. The Morgan fingerprint density at radius 1 is 1.40 bits per heavy atom. The molecule has 0 aliphatic carbocycles. The molecule has 0 aromatic heterocycles. The van der Waals surface area contributed by atoms with E-state index >= 15 is 0 Å². The lowest BCUT2D eigenvalue weighted by atomic mass is 10.0. The third-order valence-corrected chi connectivity index (χ3v) is 3.94. The molecule has 1 saturated heterocycles. The maximum atomic E-state index is 11.9. The van der Waals surface area contributed by atoms with Gasteiger partial charge in [0, 0.05) is 11.6 Å². The zero-order chi connectivity index (χ0) is 14.4. The van der Waals surface area contributed by atoms with Crippen molar-refractivity contribution in [2.24, 2.45) is 5.92 Å². The van der Waals surface area contributed by atoms with Crippen molar-refractivity contribution in [3.8, 4) is 5.75 Å². The predicted octanol–water partition coefficient (Wildman–Crippen LogP) is 1.34. The number of methoxy groups -OCH3 is 1. The Hall–Kier alpha value is -1.55. The molecule has 1 heterocycles. The van der Waals surface area contributed by atoms with Gasteiger partial charge in [0.05, 0.1) is 33.2 Å². The maximum Gasteiger partial charge on any atom is 0.230 e. The van der Waals surface area contributed by atoms with E-state index in [4.69, 9.17) is 4.74 Å². The van der Waals surface area contributed by atoms with Crippen molar-refractivity contribution < 1.29 is 14.4 Å². The van der Waals surface area contributed by atoms with Gasteiger partial charge in [0.2, 0.25) is 5.91 Å². The number of ether oxygens (including phenoxy) is 1. The van der Waals surface area contributed by atoms with Gasteiger partial charge in [-0.15, -0.1) is 0 Å². The van der Waals surface area contributed by atoms with Gasteiger partial charge in [-0.2, -0.15) is 0 Å². The molecule has 0 spiro atoms.